The highest BCUT2D eigenvalue weighted by Gasteiger charge is 2.28. The Hall–Kier alpha value is -3.94. The van der Waals surface area contributed by atoms with Crippen LogP contribution in [0.15, 0.2) is 53.5 Å². The Balaban J connectivity index is 1.68. The van der Waals surface area contributed by atoms with Crippen molar-refractivity contribution in [2.75, 3.05) is 18.6 Å². The molecule has 2 aromatic heterocycles. The number of pyridine rings is 1. The smallest absolute Gasteiger partial charge is 0.140 e. The molecular weight excluding hydrogens is 395 g/mol. The van der Waals surface area contributed by atoms with Crippen LogP contribution in [-0.2, 0) is 6.54 Å². The number of hydrogen-bond donors (Lipinski definition) is 2. The Morgan fingerprint density at radius 3 is 2.77 bits per heavy atom. The fourth-order valence-corrected chi connectivity index (χ4v) is 4.01. The van der Waals surface area contributed by atoms with E-state index in [-0.39, 0.29) is 5.75 Å². The van der Waals surface area contributed by atoms with Crippen molar-refractivity contribution in [3.05, 3.63) is 71.2 Å². The van der Waals surface area contributed by atoms with Crippen LogP contribution in [0.2, 0.25) is 0 Å². The molecule has 0 saturated carbocycles. The molecular formula is C23H21FN6O. The van der Waals surface area contributed by atoms with Gasteiger partial charge in [-0.1, -0.05) is 18.2 Å². The van der Waals surface area contributed by atoms with E-state index in [1.807, 2.05) is 47.8 Å². The van der Waals surface area contributed by atoms with Crippen LogP contribution in [0.5, 0.6) is 5.75 Å². The summed E-state index contributed by atoms with van der Waals surface area (Å²) in [6.45, 7) is 2.83. The van der Waals surface area contributed by atoms with Crippen LogP contribution >= 0.6 is 0 Å². The van der Waals surface area contributed by atoms with Gasteiger partial charge < -0.3 is 15.7 Å². The van der Waals surface area contributed by atoms with E-state index in [4.69, 9.17) is 15.8 Å². The van der Waals surface area contributed by atoms with Gasteiger partial charge in [0.05, 0.1) is 17.6 Å². The Kier molecular flexibility index (Phi) is 4.35. The Labute approximate surface area is 178 Å². The molecule has 0 unspecified atom stereocenters. The lowest BCUT2D eigenvalue weighted by Gasteiger charge is -2.24. The molecule has 0 radical (unpaired) electrons. The standard InChI is InChI=1S/C23H21FN6O/c1-13-16(7-14-5-3-4-6-19(14)27-13)11-30-23-20(22(25)26-12-29(23)2)21(28-30)15-8-17(24)10-18(31)9-15/h3-10,31H,11-12H2,1-2H3,(H2,25,26). The van der Waals surface area contributed by atoms with Crippen molar-refractivity contribution >= 4 is 22.6 Å². The molecule has 156 valence electrons. The number of para-hydroxylation sites is 1. The second-order valence-corrected chi connectivity index (χ2v) is 7.71. The average Bonchev–Trinajstić information content (AvgIpc) is 3.11. The minimum absolute atomic E-state index is 0.174. The molecule has 2 aromatic carbocycles. The maximum absolute atomic E-state index is 14.0. The number of nitrogens with two attached hydrogens (primary N) is 1. The number of phenols is 1. The number of aryl methyl sites for hydroxylation is 1. The zero-order chi connectivity index (χ0) is 21.7. The number of benzene rings is 2. The number of rotatable bonds is 3. The zero-order valence-corrected chi connectivity index (χ0v) is 17.2. The van der Waals surface area contributed by atoms with Gasteiger partial charge in [-0.2, -0.15) is 5.10 Å². The summed E-state index contributed by atoms with van der Waals surface area (Å²) < 4.78 is 15.8. The summed E-state index contributed by atoms with van der Waals surface area (Å²) in [5.41, 5.74) is 10.7. The van der Waals surface area contributed by atoms with Crippen molar-refractivity contribution in [2.24, 2.45) is 10.7 Å². The maximum atomic E-state index is 14.0. The lowest BCUT2D eigenvalue weighted by atomic mass is 10.1. The normalized spacial score (nSPS) is 13.4. The summed E-state index contributed by atoms with van der Waals surface area (Å²) in [4.78, 5) is 11.0. The number of aromatic hydroxyl groups is 1. The van der Waals surface area contributed by atoms with Crippen LogP contribution in [0.4, 0.5) is 10.2 Å². The van der Waals surface area contributed by atoms with Gasteiger partial charge in [0.15, 0.2) is 0 Å². The quantitative estimate of drug-likeness (QED) is 0.534. The van der Waals surface area contributed by atoms with Crippen LogP contribution in [0.1, 0.15) is 16.8 Å². The average molecular weight is 416 g/mol. The molecule has 8 heteroatoms. The first kappa shape index (κ1) is 19.0. The molecule has 0 saturated heterocycles. The summed E-state index contributed by atoms with van der Waals surface area (Å²) in [5.74, 6) is 0.408. The second kappa shape index (κ2) is 7.09. The molecule has 31 heavy (non-hydrogen) atoms. The lowest BCUT2D eigenvalue weighted by molar-refractivity contribution is 0.469. The van der Waals surface area contributed by atoms with Gasteiger partial charge in [0.25, 0.3) is 0 Å². The third-order valence-electron chi connectivity index (χ3n) is 5.49. The van der Waals surface area contributed by atoms with Crippen molar-refractivity contribution in [1.29, 1.82) is 0 Å². The van der Waals surface area contributed by atoms with E-state index in [1.165, 1.54) is 12.1 Å². The van der Waals surface area contributed by atoms with Crippen molar-refractivity contribution < 1.29 is 9.50 Å². The molecule has 0 aliphatic carbocycles. The zero-order valence-electron chi connectivity index (χ0n) is 17.2. The van der Waals surface area contributed by atoms with Crippen LogP contribution in [-0.4, -0.2) is 39.4 Å². The van der Waals surface area contributed by atoms with Gasteiger partial charge >= 0.3 is 0 Å². The number of hydrogen-bond acceptors (Lipinski definition) is 6. The van der Waals surface area contributed by atoms with Gasteiger partial charge in [-0.3, -0.25) is 4.98 Å². The van der Waals surface area contributed by atoms with Gasteiger partial charge in [-0.05, 0) is 36.8 Å². The molecule has 7 nitrogen and oxygen atoms in total. The first-order valence-electron chi connectivity index (χ1n) is 9.88. The van der Waals surface area contributed by atoms with Crippen LogP contribution in [0.3, 0.4) is 0 Å². The number of phenolic OH excluding ortho intramolecular Hbond substituents is 1. The topological polar surface area (TPSA) is 92.6 Å². The maximum Gasteiger partial charge on any atom is 0.140 e. The number of anilines is 1. The lowest BCUT2D eigenvalue weighted by Crippen LogP contribution is -2.31. The Morgan fingerprint density at radius 1 is 1.16 bits per heavy atom. The van der Waals surface area contributed by atoms with Crippen molar-refractivity contribution in [3.8, 4) is 17.0 Å². The number of aromatic nitrogens is 3. The Morgan fingerprint density at radius 2 is 1.97 bits per heavy atom. The van der Waals surface area contributed by atoms with Gasteiger partial charge in [0.1, 0.15) is 35.6 Å². The van der Waals surface area contributed by atoms with Gasteiger partial charge in [0.2, 0.25) is 0 Å². The Bertz CT molecular complexity index is 1340. The fraction of sp³-hybridized carbons (Fsp3) is 0.174. The predicted octanol–water partition coefficient (Wildman–Crippen LogP) is 3.41. The molecule has 4 aromatic rings. The van der Waals surface area contributed by atoms with Crippen LogP contribution in [0, 0.1) is 12.7 Å². The van der Waals surface area contributed by atoms with Crippen molar-refractivity contribution in [3.63, 3.8) is 0 Å². The fourth-order valence-electron chi connectivity index (χ4n) is 4.01. The molecule has 3 heterocycles. The van der Waals surface area contributed by atoms with Crippen molar-refractivity contribution in [1.82, 2.24) is 14.8 Å². The van der Waals surface area contributed by atoms with Crippen LogP contribution < -0.4 is 10.6 Å². The van der Waals surface area contributed by atoms with Crippen LogP contribution in [0.25, 0.3) is 22.2 Å². The summed E-state index contributed by atoms with van der Waals surface area (Å²) in [5, 5.41) is 15.7. The first-order chi connectivity index (χ1) is 14.9. The van der Waals surface area contributed by atoms with E-state index >= 15 is 0 Å². The molecule has 0 spiro atoms. The van der Waals surface area contributed by atoms with E-state index in [0.29, 0.717) is 35.9 Å². The highest BCUT2D eigenvalue weighted by Crippen LogP contribution is 2.35. The number of amidine groups is 1. The molecule has 3 N–H and O–H groups in total. The number of halogens is 1. The van der Waals surface area contributed by atoms with E-state index in [9.17, 15) is 9.50 Å². The van der Waals surface area contributed by atoms with Gasteiger partial charge in [0, 0.05) is 29.8 Å². The van der Waals surface area contributed by atoms with E-state index in [2.05, 4.69) is 11.1 Å². The van der Waals surface area contributed by atoms with E-state index in [0.717, 1.165) is 34.0 Å². The molecule has 1 aliphatic heterocycles. The summed E-state index contributed by atoms with van der Waals surface area (Å²) in [7, 11) is 1.91. The number of nitrogens with zero attached hydrogens (tertiary/aromatic N) is 5. The molecule has 0 amide bonds. The summed E-state index contributed by atoms with van der Waals surface area (Å²) in [6, 6.07) is 13.9. The van der Waals surface area contributed by atoms with Gasteiger partial charge in [-0.15, -0.1) is 0 Å². The minimum atomic E-state index is -0.549. The molecule has 5 rings (SSSR count). The van der Waals surface area contributed by atoms with Crippen molar-refractivity contribution in [2.45, 2.75) is 13.5 Å². The second-order valence-electron chi connectivity index (χ2n) is 7.71. The highest BCUT2D eigenvalue weighted by molar-refractivity contribution is 6.08. The van der Waals surface area contributed by atoms with Gasteiger partial charge in [-0.25, -0.2) is 14.1 Å². The first-order valence-corrected chi connectivity index (χ1v) is 9.88. The highest BCUT2D eigenvalue weighted by atomic mass is 19.1. The predicted molar refractivity (Wildman–Crippen MR) is 119 cm³/mol. The summed E-state index contributed by atoms with van der Waals surface area (Å²) in [6.07, 6.45) is 0. The third-order valence-corrected chi connectivity index (χ3v) is 5.49. The third kappa shape index (κ3) is 3.26. The molecule has 0 bridgehead atoms. The number of fused-ring (bicyclic) bond motifs is 2. The summed E-state index contributed by atoms with van der Waals surface area (Å²) >= 11 is 0. The van der Waals surface area contributed by atoms with E-state index in [1.54, 1.807) is 0 Å². The molecule has 1 aliphatic rings. The largest absolute Gasteiger partial charge is 0.508 e. The monoisotopic (exact) mass is 416 g/mol. The molecule has 0 atom stereocenters. The minimum Gasteiger partial charge on any atom is -0.508 e. The van der Waals surface area contributed by atoms with E-state index < -0.39 is 5.82 Å². The number of aliphatic imine (C=N–C) groups is 1. The molecule has 0 fully saturated rings. The SMILES string of the molecule is Cc1nc2ccccc2cc1Cn1nc(-c2cc(O)cc(F)c2)c2c1N(C)CN=C2N.